The maximum atomic E-state index is 11.8. The summed E-state index contributed by atoms with van der Waals surface area (Å²) in [6.07, 6.45) is -1.01. The molecule has 2 rings (SSSR count). The zero-order valence-corrected chi connectivity index (χ0v) is 13.3. The predicted octanol–water partition coefficient (Wildman–Crippen LogP) is 1.59. The highest BCUT2D eigenvalue weighted by atomic mass is 35.5. The Morgan fingerprint density at radius 2 is 2.18 bits per heavy atom. The van der Waals surface area contributed by atoms with E-state index in [-0.39, 0.29) is 16.9 Å². The minimum Gasteiger partial charge on any atom is -0.496 e. The maximum absolute atomic E-state index is 11.8. The Morgan fingerprint density at radius 3 is 2.82 bits per heavy atom. The molecule has 0 radical (unpaired) electrons. The van der Waals surface area contributed by atoms with E-state index >= 15 is 0 Å². The summed E-state index contributed by atoms with van der Waals surface area (Å²) in [7, 11) is 1.50. The summed E-state index contributed by atoms with van der Waals surface area (Å²) in [5.41, 5.74) is 0.634. The molecule has 0 aliphatic carbocycles. The molecule has 1 aromatic heterocycles. The molecule has 0 saturated carbocycles. The van der Waals surface area contributed by atoms with Crippen LogP contribution in [0.25, 0.3) is 11.3 Å². The molecular weight excluding hydrogens is 328 g/mol. The van der Waals surface area contributed by atoms with Crippen LogP contribution in [0.1, 0.15) is 0 Å². The number of ether oxygens (including phenoxy) is 1. The highest BCUT2D eigenvalue weighted by Crippen LogP contribution is 2.32. The zero-order chi connectivity index (χ0) is 16.3. The normalized spacial score (nSPS) is 12.2. The van der Waals surface area contributed by atoms with Crippen molar-refractivity contribution in [1.82, 2.24) is 9.55 Å². The summed E-state index contributed by atoms with van der Waals surface area (Å²) < 4.78 is 6.95. The first-order valence-electron chi connectivity index (χ1n) is 6.43. The Balaban J connectivity index is 2.71. The molecule has 2 aromatic rings. The fourth-order valence-electron chi connectivity index (χ4n) is 2.07. The second kappa shape index (κ2) is 7.06. The number of nitrogens with zero attached hydrogens (tertiary/aromatic N) is 1. The number of H-pyrrole nitrogens is 1. The van der Waals surface area contributed by atoms with Gasteiger partial charge in [0, 0.05) is 16.7 Å². The average molecular weight is 343 g/mol. The molecular formula is C14H15ClN2O4S. The highest BCUT2D eigenvalue weighted by Gasteiger charge is 2.15. The van der Waals surface area contributed by atoms with Crippen LogP contribution >= 0.6 is 23.8 Å². The first-order valence-corrected chi connectivity index (χ1v) is 7.22. The van der Waals surface area contributed by atoms with Gasteiger partial charge in [0.25, 0.3) is 5.56 Å². The van der Waals surface area contributed by atoms with Crippen molar-refractivity contribution in [3.8, 4) is 17.0 Å². The monoisotopic (exact) mass is 342 g/mol. The number of benzene rings is 1. The fourth-order valence-corrected chi connectivity index (χ4v) is 2.52. The number of rotatable bonds is 5. The van der Waals surface area contributed by atoms with Gasteiger partial charge in [-0.15, -0.1) is 0 Å². The van der Waals surface area contributed by atoms with Crippen LogP contribution in [0, 0.1) is 4.77 Å². The zero-order valence-electron chi connectivity index (χ0n) is 11.7. The molecule has 118 valence electrons. The maximum Gasteiger partial charge on any atom is 0.252 e. The van der Waals surface area contributed by atoms with E-state index < -0.39 is 12.7 Å². The quantitative estimate of drug-likeness (QED) is 0.718. The second-order valence-corrected chi connectivity index (χ2v) is 5.44. The van der Waals surface area contributed by atoms with Gasteiger partial charge in [-0.2, -0.15) is 0 Å². The molecule has 0 bridgehead atoms. The molecule has 0 aliphatic heterocycles. The minimum atomic E-state index is -1.01. The van der Waals surface area contributed by atoms with Gasteiger partial charge in [0.05, 0.1) is 32.1 Å². The highest BCUT2D eigenvalue weighted by molar-refractivity contribution is 7.71. The number of halogens is 1. The molecule has 0 spiro atoms. The lowest BCUT2D eigenvalue weighted by molar-refractivity contribution is 0.0808. The smallest absolute Gasteiger partial charge is 0.252 e. The lowest BCUT2D eigenvalue weighted by atomic mass is 10.1. The third-order valence-electron chi connectivity index (χ3n) is 3.08. The van der Waals surface area contributed by atoms with Crippen LogP contribution < -0.4 is 10.3 Å². The molecule has 0 aliphatic rings. The molecule has 1 atom stereocenters. The van der Waals surface area contributed by atoms with E-state index in [0.29, 0.717) is 22.0 Å². The third kappa shape index (κ3) is 3.56. The SMILES string of the molecule is COc1ccc(Cl)cc1-c1cc(=O)[nH]c(=S)n1C[C@H](O)CO. The van der Waals surface area contributed by atoms with Gasteiger partial charge < -0.3 is 19.5 Å². The van der Waals surface area contributed by atoms with Crippen molar-refractivity contribution in [3.05, 3.63) is 44.4 Å². The van der Waals surface area contributed by atoms with E-state index in [9.17, 15) is 9.90 Å². The van der Waals surface area contributed by atoms with Crippen molar-refractivity contribution in [1.29, 1.82) is 0 Å². The molecule has 0 unspecified atom stereocenters. The summed E-state index contributed by atoms with van der Waals surface area (Å²) in [5, 5.41) is 19.2. The third-order valence-corrected chi connectivity index (χ3v) is 3.63. The van der Waals surface area contributed by atoms with E-state index in [1.165, 1.54) is 17.7 Å². The number of nitrogens with one attached hydrogen (secondary N) is 1. The summed E-state index contributed by atoms with van der Waals surface area (Å²) >= 11 is 11.2. The summed E-state index contributed by atoms with van der Waals surface area (Å²) in [6, 6.07) is 6.33. The van der Waals surface area contributed by atoms with Crippen LogP contribution in [0.3, 0.4) is 0 Å². The van der Waals surface area contributed by atoms with Crippen LogP contribution in [0.4, 0.5) is 0 Å². The van der Waals surface area contributed by atoms with Crippen molar-refractivity contribution in [3.63, 3.8) is 0 Å². The standard InChI is InChI=1S/C14H15ClN2O4S/c1-21-12-3-2-8(15)4-10(12)11-5-13(20)16-14(22)17(11)6-9(19)7-18/h2-5,9,18-19H,6-7H2,1H3,(H,16,20,22)/t9-/m0/s1. The molecule has 1 heterocycles. The van der Waals surface area contributed by atoms with E-state index in [2.05, 4.69) is 4.98 Å². The molecule has 0 saturated heterocycles. The summed E-state index contributed by atoms with van der Waals surface area (Å²) in [6.45, 7) is -0.399. The molecule has 1 aromatic carbocycles. The van der Waals surface area contributed by atoms with Gasteiger partial charge in [-0.05, 0) is 30.4 Å². The first kappa shape index (κ1) is 16.7. The Kier molecular flexibility index (Phi) is 5.36. The van der Waals surface area contributed by atoms with Gasteiger partial charge >= 0.3 is 0 Å². The minimum absolute atomic E-state index is 0.0249. The predicted molar refractivity (Wildman–Crippen MR) is 86.0 cm³/mol. The van der Waals surface area contributed by atoms with Gasteiger partial charge in [-0.3, -0.25) is 9.78 Å². The van der Waals surface area contributed by atoms with Gasteiger partial charge in [0.1, 0.15) is 5.75 Å². The molecule has 3 N–H and O–H groups in total. The number of aliphatic hydroxyl groups excluding tert-OH is 2. The fraction of sp³-hybridized carbons (Fsp3) is 0.286. The van der Waals surface area contributed by atoms with Gasteiger partial charge in [-0.1, -0.05) is 11.6 Å². The van der Waals surface area contributed by atoms with Gasteiger partial charge in [-0.25, -0.2) is 0 Å². The van der Waals surface area contributed by atoms with Crippen LogP contribution in [0.2, 0.25) is 5.02 Å². The Morgan fingerprint density at radius 1 is 1.45 bits per heavy atom. The number of aromatic amines is 1. The van der Waals surface area contributed by atoms with Crippen molar-refractivity contribution in [2.75, 3.05) is 13.7 Å². The first-order chi connectivity index (χ1) is 10.5. The second-order valence-electron chi connectivity index (χ2n) is 4.62. The molecule has 8 heteroatoms. The van der Waals surface area contributed by atoms with Gasteiger partial charge in [0.2, 0.25) is 0 Å². The van der Waals surface area contributed by atoms with Crippen LogP contribution in [-0.2, 0) is 6.54 Å². The van der Waals surface area contributed by atoms with Crippen molar-refractivity contribution in [2.45, 2.75) is 12.6 Å². The lowest BCUT2D eigenvalue weighted by Crippen LogP contribution is -2.24. The number of hydrogen-bond acceptors (Lipinski definition) is 5. The van der Waals surface area contributed by atoms with Gasteiger partial charge in [0.15, 0.2) is 4.77 Å². The largest absolute Gasteiger partial charge is 0.496 e. The molecule has 6 nitrogen and oxygen atoms in total. The lowest BCUT2D eigenvalue weighted by Gasteiger charge is -2.18. The number of methoxy groups -OCH3 is 1. The Bertz CT molecular complexity index is 787. The van der Waals surface area contributed by atoms with Crippen LogP contribution in [0.5, 0.6) is 5.75 Å². The van der Waals surface area contributed by atoms with Crippen LogP contribution in [-0.4, -0.2) is 39.6 Å². The molecule has 0 fully saturated rings. The topological polar surface area (TPSA) is 87.5 Å². The van der Waals surface area contributed by atoms with E-state index in [4.69, 9.17) is 33.7 Å². The number of hydrogen-bond donors (Lipinski definition) is 3. The van der Waals surface area contributed by atoms with Crippen molar-refractivity contribution >= 4 is 23.8 Å². The number of aliphatic hydroxyl groups is 2. The van der Waals surface area contributed by atoms with Crippen LogP contribution in [0.15, 0.2) is 29.1 Å². The summed E-state index contributed by atoms with van der Waals surface area (Å²) in [4.78, 5) is 14.2. The van der Waals surface area contributed by atoms with E-state index in [0.717, 1.165) is 0 Å². The van der Waals surface area contributed by atoms with Crippen molar-refractivity contribution < 1.29 is 14.9 Å². The average Bonchev–Trinajstić information content (AvgIpc) is 2.49. The Labute approximate surface area is 136 Å². The molecule has 22 heavy (non-hydrogen) atoms. The number of aromatic nitrogens is 2. The molecule has 0 amide bonds. The van der Waals surface area contributed by atoms with E-state index in [1.54, 1.807) is 18.2 Å². The Hall–Kier alpha value is -1.67. The summed E-state index contributed by atoms with van der Waals surface area (Å²) in [5.74, 6) is 0.511. The van der Waals surface area contributed by atoms with Crippen molar-refractivity contribution in [2.24, 2.45) is 0 Å². The van der Waals surface area contributed by atoms with E-state index in [1.807, 2.05) is 0 Å².